The predicted molar refractivity (Wildman–Crippen MR) is 124 cm³/mol. The van der Waals surface area contributed by atoms with E-state index in [-0.39, 0.29) is 15.3 Å². The van der Waals surface area contributed by atoms with Crippen LogP contribution in [-0.2, 0) is 15.4 Å². The van der Waals surface area contributed by atoms with E-state index < -0.39 is 10.0 Å². The van der Waals surface area contributed by atoms with Gasteiger partial charge in [0.2, 0.25) is 0 Å². The summed E-state index contributed by atoms with van der Waals surface area (Å²) in [5.41, 5.74) is 1.96. The summed E-state index contributed by atoms with van der Waals surface area (Å²) >= 11 is 6.10. The molecule has 0 bridgehead atoms. The number of sulfonamides is 1. The molecule has 2 aliphatic rings. The van der Waals surface area contributed by atoms with Gasteiger partial charge in [0.25, 0.3) is 10.0 Å². The summed E-state index contributed by atoms with van der Waals surface area (Å²) in [5.74, 6) is 1.33. The van der Waals surface area contributed by atoms with Crippen LogP contribution in [0.4, 0.5) is 5.69 Å². The van der Waals surface area contributed by atoms with Crippen molar-refractivity contribution in [1.29, 1.82) is 0 Å². The normalized spacial score (nSPS) is 25.8. The van der Waals surface area contributed by atoms with Crippen LogP contribution in [0.2, 0.25) is 5.02 Å². The van der Waals surface area contributed by atoms with Crippen LogP contribution in [0.25, 0.3) is 0 Å². The number of likely N-dealkylation sites (tertiary alicyclic amines) is 1. The molecule has 162 valence electrons. The second kappa shape index (κ2) is 8.52. The van der Waals surface area contributed by atoms with E-state index in [1.807, 2.05) is 12.1 Å². The van der Waals surface area contributed by atoms with Gasteiger partial charge in [-0.25, -0.2) is 8.42 Å². The summed E-state index contributed by atoms with van der Waals surface area (Å²) in [5, 5.41) is 0.226. The van der Waals surface area contributed by atoms with Gasteiger partial charge in [0.05, 0.1) is 5.02 Å². The van der Waals surface area contributed by atoms with Gasteiger partial charge in [-0.05, 0) is 54.6 Å². The summed E-state index contributed by atoms with van der Waals surface area (Å²) < 4.78 is 28.3. The zero-order chi connectivity index (χ0) is 21.4. The van der Waals surface area contributed by atoms with Crippen LogP contribution in [0.15, 0.2) is 53.4 Å². The Labute approximate surface area is 185 Å². The second-order valence-corrected chi connectivity index (χ2v) is 11.0. The quantitative estimate of drug-likeness (QED) is 0.514. The van der Waals surface area contributed by atoms with Crippen molar-refractivity contribution in [2.45, 2.75) is 49.8 Å². The monoisotopic (exact) mass is 446 g/mol. The molecule has 0 amide bonds. The molecule has 1 saturated carbocycles. The van der Waals surface area contributed by atoms with E-state index in [9.17, 15) is 8.42 Å². The first-order valence-corrected chi connectivity index (χ1v) is 12.8. The molecule has 2 unspecified atom stereocenters. The molecule has 4 nitrogen and oxygen atoms in total. The number of fused-ring (bicyclic) bond motifs is 1. The van der Waals surface area contributed by atoms with Crippen molar-refractivity contribution in [2.75, 3.05) is 24.4 Å². The molecule has 30 heavy (non-hydrogen) atoms. The molecule has 1 N–H and O–H groups in total. The van der Waals surface area contributed by atoms with E-state index >= 15 is 0 Å². The van der Waals surface area contributed by atoms with Gasteiger partial charge in [-0.1, -0.05) is 69.0 Å². The van der Waals surface area contributed by atoms with E-state index in [1.54, 1.807) is 24.3 Å². The van der Waals surface area contributed by atoms with Gasteiger partial charge in [0.1, 0.15) is 4.90 Å². The maximum Gasteiger partial charge on any atom is 0.263 e. The number of unbranched alkanes of at least 4 members (excludes halogenated alkanes) is 3. The Kier molecular flexibility index (Phi) is 6.16. The minimum Gasteiger partial charge on any atom is -0.303 e. The SMILES string of the molecule is CCCCCCN1CC2C(C1)C2(C)c1cccc(NS(=O)(=O)c2ccccc2Cl)c1. The lowest BCUT2D eigenvalue weighted by Gasteiger charge is -2.24. The summed E-state index contributed by atoms with van der Waals surface area (Å²) in [7, 11) is -3.72. The van der Waals surface area contributed by atoms with E-state index in [0.29, 0.717) is 17.5 Å². The number of hydrogen-bond donors (Lipinski definition) is 1. The summed E-state index contributed by atoms with van der Waals surface area (Å²) in [4.78, 5) is 2.71. The maximum absolute atomic E-state index is 12.8. The van der Waals surface area contributed by atoms with Crippen molar-refractivity contribution in [3.05, 3.63) is 59.1 Å². The van der Waals surface area contributed by atoms with E-state index in [0.717, 1.165) is 13.1 Å². The third-order valence-electron chi connectivity index (χ3n) is 7.02. The lowest BCUT2D eigenvalue weighted by Crippen LogP contribution is -2.30. The summed E-state index contributed by atoms with van der Waals surface area (Å²) in [6.07, 6.45) is 5.23. The molecule has 1 aliphatic carbocycles. The number of benzene rings is 2. The lowest BCUT2D eigenvalue weighted by atomic mass is 9.92. The number of anilines is 1. The first kappa shape index (κ1) is 21.7. The average Bonchev–Trinajstić information content (AvgIpc) is 3.07. The number of halogens is 1. The Bertz CT molecular complexity index is 996. The van der Waals surface area contributed by atoms with Gasteiger partial charge in [-0.15, -0.1) is 0 Å². The van der Waals surface area contributed by atoms with Crippen LogP contribution < -0.4 is 4.72 Å². The van der Waals surface area contributed by atoms with Gasteiger partial charge in [-0.3, -0.25) is 4.72 Å². The number of nitrogens with one attached hydrogen (secondary N) is 1. The van der Waals surface area contributed by atoms with Gasteiger partial charge in [0.15, 0.2) is 0 Å². The fraction of sp³-hybridized carbons (Fsp3) is 0.500. The Hall–Kier alpha value is -1.56. The highest BCUT2D eigenvalue weighted by Gasteiger charge is 2.65. The molecule has 4 rings (SSSR count). The molecule has 0 aromatic heterocycles. The van der Waals surface area contributed by atoms with E-state index in [2.05, 4.69) is 29.5 Å². The van der Waals surface area contributed by atoms with Crippen LogP contribution in [-0.4, -0.2) is 33.0 Å². The molecular formula is C24H31ClN2O2S. The first-order valence-electron chi connectivity index (χ1n) is 11.0. The van der Waals surface area contributed by atoms with Crippen molar-refractivity contribution in [3.63, 3.8) is 0 Å². The molecule has 1 saturated heterocycles. The highest BCUT2D eigenvalue weighted by atomic mass is 35.5. The summed E-state index contributed by atoms with van der Waals surface area (Å²) in [6, 6.07) is 14.4. The van der Waals surface area contributed by atoms with Crippen LogP contribution in [0.3, 0.4) is 0 Å². The van der Waals surface area contributed by atoms with Gasteiger partial charge in [-0.2, -0.15) is 0 Å². The molecule has 6 heteroatoms. The molecular weight excluding hydrogens is 416 g/mol. The molecule has 2 aromatic carbocycles. The van der Waals surface area contributed by atoms with Crippen LogP contribution in [0.1, 0.15) is 45.1 Å². The maximum atomic E-state index is 12.8. The fourth-order valence-electron chi connectivity index (χ4n) is 5.13. The lowest BCUT2D eigenvalue weighted by molar-refractivity contribution is 0.271. The molecule has 1 heterocycles. The molecule has 0 spiro atoms. The molecule has 2 aromatic rings. The summed E-state index contributed by atoms with van der Waals surface area (Å²) in [6.45, 7) is 8.10. The largest absolute Gasteiger partial charge is 0.303 e. The van der Waals surface area contributed by atoms with Gasteiger partial charge < -0.3 is 4.90 Å². The molecule has 0 radical (unpaired) electrons. The van der Waals surface area contributed by atoms with Crippen molar-refractivity contribution in [2.24, 2.45) is 11.8 Å². The number of piperidine rings is 1. The van der Waals surface area contributed by atoms with Crippen LogP contribution >= 0.6 is 11.6 Å². The van der Waals surface area contributed by atoms with E-state index in [4.69, 9.17) is 11.6 Å². The van der Waals surface area contributed by atoms with Gasteiger partial charge >= 0.3 is 0 Å². The van der Waals surface area contributed by atoms with Crippen molar-refractivity contribution < 1.29 is 8.42 Å². The van der Waals surface area contributed by atoms with Crippen LogP contribution in [0, 0.1) is 11.8 Å². The third kappa shape index (κ3) is 4.12. The Morgan fingerprint density at radius 2 is 1.80 bits per heavy atom. The number of hydrogen-bond acceptors (Lipinski definition) is 3. The number of nitrogens with zero attached hydrogens (tertiary/aromatic N) is 1. The zero-order valence-electron chi connectivity index (χ0n) is 17.8. The highest BCUT2D eigenvalue weighted by molar-refractivity contribution is 7.92. The Morgan fingerprint density at radius 1 is 1.07 bits per heavy atom. The minimum atomic E-state index is -3.72. The minimum absolute atomic E-state index is 0.102. The topological polar surface area (TPSA) is 49.4 Å². The molecule has 1 aliphatic heterocycles. The van der Waals surface area contributed by atoms with Gasteiger partial charge in [0, 0.05) is 24.2 Å². The standard InChI is InChI=1S/C24H31ClN2O2S/c1-3-4-5-8-14-27-16-20-21(17-27)24(20,2)18-10-9-11-19(15-18)26-30(28,29)23-13-7-6-12-22(23)25/h6-7,9-13,15,20-21,26H,3-5,8,14,16-17H2,1-2H3. The second-order valence-electron chi connectivity index (χ2n) is 8.93. The zero-order valence-corrected chi connectivity index (χ0v) is 19.3. The average molecular weight is 447 g/mol. The van der Waals surface area contributed by atoms with E-state index in [1.165, 1.54) is 43.9 Å². The predicted octanol–water partition coefficient (Wildman–Crippen LogP) is 5.54. The van der Waals surface area contributed by atoms with Crippen molar-refractivity contribution >= 4 is 27.3 Å². The molecule has 2 atom stereocenters. The molecule has 2 fully saturated rings. The highest BCUT2D eigenvalue weighted by Crippen LogP contribution is 2.63. The Balaban J connectivity index is 1.42. The number of rotatable bonds is 9. The van der Waals surface area contributed by atoms with Crippen molar-refractivity contribution in [1.82, 2.24) is 4.90 Å². The Morgan fingerprint density at radius 3 is 2.50 bits per heavy atom. The third-order valence-corrected chi connectivity index (χ3v) is 8.90. The smallest absolute Gasteiger partial charge is 0.263 e. The van der Waals surface area contributed by atoms with Crippen molar-refractivity contribution in [3.8, 4) is 0 Å². The fourth-order valence-corrected chi connectivity index (χ4v) is 6.70. The first-order chi connectivity index (χ1) is 14.4. The van der Waals surface area contributed by atoms with Crippen LogP contribution in [0.5, 0.6) is 0 Å².